The Morgan fingerprint density at radius 2 is 2.24 bits per heavy atom. The van der Waals surface area contributed by atoms with Gasteiger partial charge in [0.2, 0.25) is 5.91 Å². The zero-order valence-electron chi connectivity index (χ0n) is 15.3. The van der Waals surface area contributed by atoms with E-state index in [1.54, 1.807) is 0 Å². The second kappa shape index (κ2) is 7.08. The van der Waals surface area contributed by atoms with Gasteiger partial charge in [0.05, 0.1) is 13.1 Å². The molecule has 3 aliphatic rings. The van der Waals surface area contributed by atoms with Crippen molar-refractivity contribution in [1.82, 2.24) is 25.1 Å². The van der Waals surface area contributed by atoms with E-state index in [1.165, 1.54) is 38.5 Å². The Hall–Kier alpha value is -1.40. The van der Waals surface area contributed by atoms with Crippen LogP contribution in [0.25, 0.3) is 0 Å². The van der Waals surface area contributed by atoms with E-state index in [0.717, 1.165) is 32.0 Å². The molecule has 2 heterocycles. The Kier molecular flexibility index (Phi) is 4.82. The molecule has 6 nitrogen and oxygen atoms in total. The molecule has 0 aromatic carbocycles. The number of nitrogens with one attached hydrogen (secondary N) is 2. The molecule has 2 aliphatic carbocycles. The Morgan fingerprint density at radius 1 is 1.44 bits per heavy atom. The maximum atomic E-state index is 12.5. The van der Waals surface area contributed by atoms with Crippen LogP contribution in [0, 0.1) is 11.3 Å². The van der Waals surface area contributed by atoms with E-state index in [2.05, 4.69) is 25.1 Å². The topological polar surface area (TPSA) is 62.2 Å². The number of imidazole rings is 1. The summed E-state index contributed by atoms with van der Waals surface area (Å²) in [5.74, 6) is 1.93. The summed E-state index contributed by atoms with van der Waals surface area (Å²) in [6, 6.07) is 0.528. The summed E-state index contributed by atoms with van der Waals surface area (Å²) in [6.45, 7) is 4.34. The predicted molar refractivity (Wildman–Crippen MR) is 96.9 cm³/mol. The molecule has 1 aromatic heterocycles. The molecule has 4 rings (SSSR count). The largest absolute Gasteiger partial charge is 0.355 e. The summed E-state index contributed by atoms with van der Waals surface area (Å²) in [5.41, 5.74) is 0.435. The lowest BCUT2D eigenvalue weighted by Crippen LogP contribution is -2.43. The highest BCUT2D eigenvalue weighted by molar-refractivity contribution is 5.78. The summed E-state index contributed by atoms with van der Waals surface area (Å²) < 4.78 is 2.07. The predicted octanol–water partition coefficient (Wildman–Crippen LogP) is 1.28. The molecule has 3 fully saturated rings. The van der Waals surface area contributed by atoms with Crippen molar-refractivity contribution in [3.63, 3.8) is 0 Å². The molecule has 1 unspecified atom stereocenters. The number of carbonyl (C=O) groups is 1. The van der Waals surface area contributed by atoms with Crippen LogP contribution >= 0.6 is 0 Å². The summed E-state index contributed by atoms with van der Waals surface area (Å²) in [6.07, 6.45) is 11.4. The highest BCUT2D eigenvalue weighted by atomic mass is 16.2. The number of hydrogen-bond donors (Lipinski definition) is 2. The average Bonchev–Trinajstić information content (AvgIpc) is 3.08. The van der Waals surface area contributed by atoms with E-state index in [0.29, 0.717) is 23.9 Å². The lowest BCUT2D eigenvalue weighted by Gasteiger charge is -2.30. The molecule has 0 radical (unpaired) electrons. The molecule has 1 amide bonds. The standard InChI is InChI=1S/C19H31N5O/c1-23-10-9-21-17(23)13-24(14-18(25)22-12-15-3-2-4-15)16-11-19(16)5-7-20-8-6-19/h9-10,15-16,20H,2-8,11-14H2,1H3,(H,22,25). The first-order valence-electron chi connectivity index (χ1n) is 9.84. The van der Waals surface area contributed by atoms with Gasteiger partial charge in [0.25, 0.3) is 0 Å². The third-order valence-corrected chi connectivity index (χ3v) is 6.61. The number of amides is 1. The molecule has 0 bridgehead atoms. The number of aromatic nitrogens is 2. The van der Waals surface area contributed by atoms with Crippen LogP contribution < -0.4 is 10.6 Å². The van der Waals surface area contributed by atoms with Gasteiger partial charge in [-0.1, -0.05) is 6.42 Å². The third-order valence-electron chi connectivity index (χ3n) is 6.61. The van der Waals surface area contributed by atoms with E-state index in [9.17, 15) is 4.79 Å². The van der Waals surface area contributed by atoms with Gasteiger partial charge in [-0.25, -0.2) is 4.98 Å². The van der Waals surface area contributed by atoms with Gasteiger partial charge in [-0.15, -0.1) is 0 Å². The fourth-order valence-corrected chi connectivity index (χ4v) is 4.51. The molecule has 25 heavy (non-hydrogen) atoms. The van der Waals surface area contributed by atoms with Crippen LogP contribution in [0.1, 0.15) is 44.3 Å². The number of nitrogens with zero attached hydrogens (tertiary/aromatic N) is 3. The smallest absolute Gasteiger partial charge is 0.234 e. The van der Waals surface area contributed by atoms with E-state index >= 15 is 0 Å². The van der Waals surface area contributed by atoms with Gasteiger partial charge in [0, 0.05) is 32.0 Å². The number of rotatable bonds is 7. The quantitative estimate of drug-likeness (QED) is 0.781. The van der Waals surface area contributed by atoms with Crippen LogP contribution in [-0.2, 0) is 18.4 Å². The second-order valence-electron chi connectivity index (χ2n) is 8.29. The molecule has 2 N–H and O–H groups in total. The van der Waals surface area contributed by atoms with E-state index in [-0.39, 0.29) is 5.91 Å². The van der Waals surface area contributed by atoms with Crippen molar-refractivity contribution in [3.05, 3.63) is 18.2 Å². The summed E-state index contributed by atoms with van der Waals surface area (Å²) >= 11 is 0. The van der Waals surface area contributed by atoms with Gasteiger partial charge >= 0.3 is 0 Å². The highest BCUT2D eigenvalue weighted by Gasteiger charge is 2.56. The van der Waals surface area contributed by atoms with Crippen molar-refractivity contribution >= 4 is 5.91 Å². The van der Waals surface area contributed by atoms with Crippen LogP contribution in [0.3, 0.4) is 0 Å². The lowest BCUT2D eigenvalue weighted by atomic mass is 9.85. The normalized spacial score (nSPS) is 25.1. The summed E-state index contributed by atoms with van der Waals surface area (Å²) in [4.78, 5) is 19.4. The third kappa shape index (κ3) is 3.75. The molecular weight excluding hydrogens is 314 g/mol. The van der Waals surface area contributed by atoms with Crippen molar-refractivity contribution in [2.24, 2.45) is 18.4 Å². The van der Waals surface area contributed by atoms with Crippen molar-refractivity contribution in [2.45, 2.75) is 51.1 Å². The van der Waals surface area contributed by atoms with Crippen molar-refractivity contribution < 1.29 is 4.79 Å². The molecule has 6 heteroatoms. The van der Waals surface area contributed by atoms with Crippen molar-refractivity contribution in [3.8, 4) is 0 Å². The Morgan fingerprint density at radius 3 is 2.88 bits per heavy atom. The van der Waals surface area contributed by atoms with Gasteiger partial charge in [-0.2, -0.15) is 0 Å². The fourth-order valence-electron chi connectivity index (χ4n) is 4.51. The minimum absolute atomic E-state index is 0.178. The Bertz CT molecular complexity index is 603. The van der Waals surface area contributed by atoms with E-state index < -0.39 is 0 Å². The average molecular weight is 345 g/mol. The van der Waals surface area contributed by atoms with Crippen molar-refractivity contribution in [2.75, 3.05) is 26.2 Å². The van der Waals surface area contributed by atoms with Gasteiger partial charge in [0.15, 0.2) is 0 Å². The molecule has 1 aliphatic heterocycles. The maximum absolute atomic E-state index is 12.5. The molecule has 1 spiro atoms. The Labute approximate surface area is 150 Å². The van der Waals surface area contributed by atoms with Crippen LogP contribution in [0.4, 0.5) is 0 Å². The minimum atomic E-state index is 0.178. The maximum Gasteiger partial charge on any atom is 0.234 e. The zero-order chi connectivity index (χ0) is 17.3. The lowest BCUT2D eigenvalue weighted by molar-refractivity contribution is -0.123. The highest BCUT2D eigenvalue weighted by Crippen LogP contribution is 2.55. The van der Waals surface area contributed by atoms with Crippen LogP contribution in [-0.4, -0.2) is 52.6 Å². The first-order chi connectivity index (χ1) is 12.2. The van der Waals surface area contributed by atoms with Gasteiger partial charge in [-0.05, 0) is 56.5 Å². The first kappa shape index (κ1) is 17.0. The molecule has 2 saturated carbocycles. The number of carbonyl (C=O) groups excluding carboxylic acids is 1. The van der Waals surface area contributed by atoms with Crippen LogP contribution in [0.2, 0.25) is 0 Å². The molecule has 138 valence electrons. The van der Waals surface area contributed by atoms with Gasteiger partial charge in [0.1, 0.15) is 5.82 Å². The molecule has 1 aromatic rings. The first-order valence-corrected chi connectivity index (χ1v) is 9.84. The molecule has 1 saturated heterocycles. The van der Waals surface area contributed by atoms with Crippen LogP contribution in [0.15, 0.2) is 12.4 Å². The minimum Gasteiger partial charge on any atom is -0.355 e. The monoisotopic (exact) mass is 345 g/mol. The van der Waals surface area contributed by atoms with Gasteiger partial charge < -0.3 is 15.2 Å². The summed E-state index contributed by atoms with van der Waals surface area (Å²) in [7, 11) is 2.03. The molecule has 1 atom stereocenters. The molecular formula is C19H31N5O. The van der Waals surface area contributed by atoms with Crippen LogP contribution in [0.5, 0.6) is 0 Å². The number of piperidine rings is 1. The second-order valence-corrected chi connectivity index (χ2v) is 8.29. The van der Waals surface area contributed by atoms with Crippen molar-refractivity contribution in [1.29, 1.82) is 0 Å². The number of aryl methyl sites for hydroxylation is 1. The van der Waals surface area contributed by atoms with Gasteiger partial charge in [-0.3, -0.25) is 9.69 Å². The summed E-state index contributed by atoms with van der Waals surface area (Å²) in [5, 5.41) is 6.63. The number of hydrogen-bond acceptors (Lipinski definition) is 4. The fraction of sp³-hybridized carbons (Fsp3) is 0.789. The van der Waals surface area contributed by atoms with E-state index in [4.69, 9.17) is 0 Å². The zero-order valence-corrected chi connectivity index (χ0v) is 15.3. The SMILES string of the molecule is Cn1ccnc1CN(CC(=O)NCC1CCC1)C1CC12CCNCC2. The Balaban J connectivity index is 1.38. The van der Waals surface area contributed by atoms with E-state index in [1.807, 2.05) is 19.4 Å².